The van der Waals surface area contributed by atoms with Crippen LogP contribution < -0.4 is 10.2 Å². The van der Waals surface area contributed by atoms with Gasteiger partial charge in [-0.25, -0.2) is 5.01 Å². The molecule has 1 aromatic carbocycles. The molecule has 0 radical (unpaired) electrons. The highest BCUT2D eigenvalue weighted by atomic mass is 16.6. The Morgan fingerprint density at radius 3 is 2.57 bits per heavy atom. The van der Waals surface area contributed by atoms with Crippen LogP contribution in [0.2, 0.25) is 0 Å². The van der Waals surface area contributed by atoms with Crippen molar-refractivity contribution < 1.29 is 14.5 Å². The maximum Gasteiger partial charge on any atom is 0.311 e. The van der Waals surface area contributed by atoms with Gasteiger partial charge in [0.2, 0.25) is 0 Å². The molecule has 0 bridgehead atoms. The molecule has 1 N–H and O–H groups in total. The molecule has 0 unspecified atom stereocenters. The smallest absolute Gasteiger partial charge is 0.311 e. The highest BCUT2D eigenvalue weighted by Gasteiger charge is 2.20. The lowest BCUT2D eigenvalue weighted by Crippen LogP contribution is -2.52. The SMILES string of the molecule is COc1ccc(C(=O)NN2CCN(C)CC2)cc1[N+](=O)[O-]. The molecule has 0 spiro atoms. The van der Waals surface area contributed by atoms with E-state index >= 15 is 0 Å². The van der Waals surface area contributed by atoms with Crippen LogP contribution in [-0.4, -0.2) is 61.1 Å². The molecule has 8 heteroatoms. The van der Waals surface area contributed by atoms with Gasteiger partial charge in [0.25, 0.3) is 5.91 Å². The van der Waals surface area contributed by atoms with Crippen LogP contribution in [-0.2, 0) is 0 Å². The first kappa shape index (κ1) is 15.2. The van der Waals surface area contributed by atoms with Gasteiger partial charge >= 0.3 is 5.69 Å². The number of amides is 1. The summed E-state index contributed by atoms with van der Waals surface area (Å²) in [4.78, 5) is 24.7. The van der Waals surface area contributed by atoms with Crippen molar-refractivity contribution in [3.05, 3.63) is 33.9 Å². The van der Waals surface area contributed by atoms with Crippen LogP contribution >= 0.6 is 0 Å². The molecule has 0 saturated carbocycles. The number of piperazine rings is 1. The Labute approximate surface area is 122 Å². The first-order valence-electron chi connectivity index (χ1n) is 6.58. The van der Waals surface area contributed by atoms with E-state index in [0.717, 1.165) is 26.2 Å². The largest absolute Gasteiger partial charge is 0.490 e. The Balaban J connectivity index is 2.09. The number of ether oxygens (including phenoxy) is 1. The number of carbonyl (C=O) groups excluding carboxylic acids is 1. The van der Waals surface area contributed by atoms with E-state index in [-0.39, 0.29) is 22.9 Å². The van der Waals surface area contributed by atoms with Gasteiger partial charge in [0, 0.05) is 37.8 Å². The number of rotatable bonds is 4. The van der Waals surface area contributed by atoms with Gasteiger partial charge in [0.1, 0.15) is 0 Å². The third-order valence-electron chi connectivity index (χ3n) is 3.40. The molecule has 0 atom stereocenters. The molecule has 2 rings (SSSR count). The average molecular weight is 294 g/mol. The molecule has 21 heavy (non-hydrogen) atoms. The fourth-order valence-electron chi connectivity index (χ4n) is 2.10. The third kappa shape index (κ3) is 3.67. The number of nitrogens with zero attached hydrogens (tertiary/aromatic N) is 3. The summed E-state index contributed by atoms with van der Waals surface area (Å²) >= 11 is 0. The Kier molecular flexibility index (Phi) is 4.71. The minimum atomic E-state index is -0.564. The molecule has 1 aliphatic rings. The highest BCUT2D eigenvalue weighted by molar-refractivity contribution is 5.94. The number of methoxy groups -OCH3 is 1. The molecule has 1 amide bonds. The van der Waals surface area contributed by atoms with Crippen LogP contribution in [0, 0.1) is 10.1 Å². The minimum Gasteiger partial charge on any atom is -0.490 e. The Morgan fingerprint density at radius 2 is 2.00 bits per heavy atom. The number of hydrazine groups is 1. The van der Waals surface area contributed by atoms with Gasteiger partial charge < -0.3 is 9.64 Å². The van der Waals surface area contributed by atoms with E-state index in [1.54, 1.807) is 0 Å². The summed E-state index contributed by atoms with van der Waals surface area (Å²) in [5.74, 6) is -0.221. The molecule has 1 aliphatic heterocycles. The summed E-state index contributed by atoms with van der Waals surface area (Å²) in [5.41, 5.74) is 2.78. The van der Waals surface area contributed by atoms with Gasteiger partial charge in [-0.15, -0.1) is 0 Å². The molecule has 0 aliphatic carbocycles. The molecule has 1 aromatic rings. The fraction of sp³-hybridized carbons (Fsp3) is 0.462. The van der Waals surface area contributed by atoms with Crippen molar-refractivity contribution in [3.8, 4) is 5.75 Å². The monoisotopic (exact) mass is 294 g/mol. The number of carbonyl (C=O) groups is 1. The average Bonchev–Trinajstić information content (AvgIpc) is 2.48. The van der Waals surface area contributed by atoms with Gasteiger partial charge in [-0.05, 0) is 19.2 Å². The Bertz CT molecular complexity index is 541. The minimum absolute atomic E-state index is 0.135. The fourth-order valence-corrected chi connectivity index (χ4v) is 2.10. The number of benzene rings is 1. The van der Waals surface area contributed by atoms with Crippen LogP contribution in [0.4, 0.5) is 5.69 Å². The summed E-state index contributed by atoms with van der Waals surface area (Å²) in [6.07, 6.45) is 0. The molecular formula is C13H18N4O4. The van der Waals surface area contributed by atoms with Gasteiger partial charge in [-0.1, -0.05) is 0 Å². The lowest BCUT2D eigenvalue weighted by molar-refractivity contribution is -0.385. The molecular weight excluding hydrogens is 276 g/mol. The zero-order valence-electron chi connectivity index (χ0n) is 12.0. The first-order chi connectivity index (χ1) is 10.0. The van der Waals surface area contributed by atoms with Crippen molar-refractivity contribution in [2.45, 2.75) is 0 Å². The topological polar surface area (TPSA) is 88.0 Å². The van der Waals surface area contributed by atoms with E-state index in [0.29, 0.717) is 0 Å². The van der Waals surface area contributed by atoms with Crippen LogP contribution in [0.1, 0.15) is 10.4 Å². The lowest BCUT2D eigenvalue weighted by Gasteiger charge is -2.32. The van der Waals surface area contributed by atoms with Crippen LogP contribution in [0.25, 0.3) is 0 Å². The summed E-state index contributed by atoms with van der Waals surface area (Å²) in [6, 6.07) is 4.17. The quantitative estimate of drug-likeness (QED) is 0.642. The normalized spacial score (nSPS) is 16.5. The number of hydrogen-bond acceptors (Lipinski definition) is 6. The van der Waals surface area contributed by atoms with Gasteiger partial charge in [0.15, 0.2) is 5.75 Å². The highest BCUT2D eigenvalue weighted by Crippen LogP contribution is 2.27. The van der Waals surface area contributed by atoms with Crippen molar-refractivity contribution in [1.82, 2.24) is 15.3 Å². The van der Waals surface area contributed by atoms with Gasteiger partial charge in [0.05, 0.1) is 12.0 Å². The van der Waals surface area contributed by atoms with E-state index in [1.165, 1.54) is 25.3 Å². The molecule has 0 aromatic heterocycles. The van der Waals surface area contributed by atoms with Crippen molar-refractivity contribution in [2.75, 3.05) is 40.3 Å². The predicted octanol–water partition coefficient (Wildman–Crippen LogP) is 0.496. The predicted molar refractivity (Wildman–Crippen MR) is 76.2 cm³/mol. The summed E-state index contributed by atoms with van der Waals surface area (Å²) in [7, 11) is 3.37. The third-order valence-corrected chi connectivity index (χ3v) is 3.40. The second-order valence-electron chi connectivity index (χ2n) is 4.87. The van der Waals surface area contributed by atoms with Crippen molar-refractivity contribution in [1.29, 1.82) is 0 Å². The maximum atomic E-state index is 12.1. The van der Waals surface area contributed by atoms with Gasteiger partial charge in [-0.2, -0.15) is 0 Å². The molecule has 1 fully saturated rings. The number of nitro groups is 1. The van der Waals surface area contributed by atoms with E-state index in [9.17, 15) is 14.9 Å². The summed E-state index contributed by atoms with van der Waals surface area (Å²) < 4.78 is 4.91. The maximum absolute atomic E-state index is 12.1. The second-order valence-corrected chi connectivity index (χ2v) is 4.87. The van der Waals surface area contributed by atoms with E-state index in [2.05, 4.69) is 10.3 Å². The van der Waals surface area contributed by atoms with Crippen molar-refractivity contribution >= 4 is 11.6 Å². The van der Waals surface area contributed by atoms with Gasteiger partial charge in [-0.3, -0.25) is 20.3 Å². The molecule has 8 nitrogen and oxygen atoms in total. The Hall–Kier alpha value is -2.19. The number of likely N-dealkylation sites (N-methyl/N-ethyl adjacent to an activating group) is 1. The van der Waals surface area contributed by atoms with Crippen molar-refractivity contribution in [3.63, 3.8) is 0 Å². The number of nitro benzene ring substituents is 1. The number of nitrogens with one attached hydrogen (secondary N) is 1. The summed E-state index contributed by atoms with van der Waals surface area (Å²) in [6.45, 7) is 3.17. The zero-order valence-corrected chi connectivity index (χ0v) is 12.0. The second kappa shape index (κ2) is 6.51. The van der Waals surface area contributed by atoms with Crippen LogP contribution in [0.15, 0.2) is 18.2 Å². The molecule has 114 valence electrons. The standard InChI is InChI=1S/C13H18N4O4/c1-15-5-7-16(8-6-15)14-13(18)10-3-4-12(21-2)11(9-10)17(19)20/h3-4,9H,5-8H2,1-2H3,(H,14,18). The zero-order chi connectivity index (χ0) is 15.4. The lowest BCUT2D eigenvalue weighted by atomic mass is 10.2. The first-order valence-corrected chi connectivity index (χ1v) is 6.58. The molecule has 1 heterocycles. The Morgan fingerprint density at radius 1 is 1.33 bits per heavy atom. The van der Waals surface area contributed by atoms with E-state index in [4.69, 9.17) is 4.74 Å². The van der Waals surface area contributed by atoms with E-state index in [1.807, 2.05) is 12.1 Å². The number of hydrogen-bond donors (Lipinski definition) is 1. The summed E-state index contributed by atoms with van der Waals surface area (Å²) in [5, 5.41) is 12.8. The van der Waals surface area contributed by atoms with Crippen LogP contribution in [0.3, 0.4) is 0 Å². The van der Waals surface area contributed by atoms with E-state index < -0.39 is 4.92 Å². The van der Waals surface area contributed by atoms with Crippen molar-refractivity contribution in [2.24, 2.45) is 0 Å². The van der Waals surface area contributed by atoms with Crippen LogP contribution in [0.5, 0.6) is 5.75 Å². The molecule has 1 saturated heterocycles.